The lowest BCUT2D eigenvalue weighted by Gasteiger charge is -2.29. The minimum atomic E-state index is 0.162. The Balaban J connectivity index is 1.56. The van der Waals surface area contributed by atoms with Gasteiger partial charge in [0.25, 0.3) is 0 Å². The molecule has 3 heteroatoms. The lowest BCUT2D eigenvalue weighted by Crippen LogP contribution is -2.36. The number of carbonyl (C=O) groups excluding carboxylic acids is 1. The zero-order valence-electron chi connectivity index (χ0n) is 14.4. The molecule has 2 N–H and O–H groups in total. The van der Waals surface area contributed by atoms with Gasteiger partial charge in [0.15, 0.2) is 0 Å². The lowest BCUT2D eigenvalue weighted by atomic mass is 9.99. The average molecular weight is 322 g/mol. The molecule has 0 spiro atoms. The first-order valence-corrected chi connectivity index (χ1v) is 8.80. The summed E-state index contributed by atoms with van der Waals surface area (Å²) in [4.78, 5) is 14.5. The van der Waals surface area contributed by atoms with Crippen LogP contribution in [0, 0.1) is 0 Å². The van der Waals surface area contributed by atoms with E-state index in [1.807, 2.05) is 11.8 Å². The van der Waals surface area contributed by atoms with Gasteiger partial charge in [0.1, 0.15) is 0 Å². The Bertz CT molecular complexity index is 708. The van der Waals surface area contributed by atoms with Gasteiger partial charge in [-0.15, -0.1) is 0 Å². The summed E-state index contributed by atoms with van der Waals surface area (Å²) >= 11 is 0. The van der Waals surface area contributed by atoms with E-state index in [0.717, 1.165) is 32.4 Å². The molecule has 126 valence electrons. The van der Waals surface area contributed by atoms with Gasteiger partial charge in [-0.1, -0.05) is 48.5 Å². The van der Waals surface area contributed by atoms with Gasteiger partial charge in [0.05, 0.1) is 0 Å². The third-order valence-corrected chi connectivity index (χ3v) is 4.66. The molecule has 3 nitrogen and oxygen atoms in total. The Kier molecular flexibility index (Phi) is 5.31. The van der Waals surface area contributed by atoms with Crippen molar-refractivity contribution in [3.05, 3.63) is 70.8 Å². The van der Waals surface area contributed by atoms with E-state index in [9.17, 15) is 4.79 Å². The Hall–Kier alpha value is -2.13. The van der Waals surface area contributed by atoms with Gasteiger partial charge in [-0.3, -0.25) is 4.79 Å². The first kappa shape index (κ1) is 16.7. The van der Waals surface area contributed by atoms with E-state index in [2.05, 4.69) is 48.5 Å². The number of benzene rings is 2. The maximum Gasteiger partial charge on any atom is 0.223 e. The van der Waals surface area contributed by atoms with E-state index in [1.165, 1.54) is 22.3 Å². The van der Waals surface area contributed by atoms with Gasteiger partial charge < -0.3 is 10.6 Å². The summed E-state index contributed by atoms with van der Waals surface area (Å²) in [6.45, 7) is 3.60. The van der Waals surface area contributed by atoms with Crippen LogP contribution in [0.3, 0.4) is 0 Å². The predicted octanol–water partition coefficient (Wildman–Crippen LogP) is 3.09. The quantitative estimate of drug-likeness (QED) is 0.919. The van der Waals surface area contributed by atoms with Gasteiger partial charge in [-0.25, -0.2) is 0 Å². The van der Waals surface area contributed by atoms with Crippen molar-refractivity contribution in [2.24, 2.45) is 5.73 Å². The molecular weight excluding hydrogens is 296 g/mol. The molecule has 0 aromatic heterocycles. The van der Waals surface area contributed by atoms with Gasteiger partial charge in [-0.2, -0.15) is 0 Å². The van der Waals surface area contributed by atoms with E-state index >= 15 is 0 Å². The van der Waals surface area contributed by atoms with Crippen LogP contribution in [0.1, 0.15) is 35.6 Å². The SMILES string of the molecule is CC(N)Cc1cccc(CCC(=O)N2CCc3ccccc3C2)c1. The number of nitrogens with zero attached hydrogens (tertiary/aromatic N) is 1. The van der Waals surface area contributed by atoms with Crippen molar-refractivity contribution in [2.75, 3.05) is 6.54 Å². The fourth-order valence-electron chi connectivity index (χ4n) is 3.40. The normalized spacial score (nSPS) is 15.0. The summed E-state index contributed by atoms with van der Waals surface area (Å²) in [5, 5.41) is 0. The number of amides is 1. The highest BCUT2D eigenvalue weighted by molar-refractivity contribution is 5.76. The van der Waals surface area contributed by atoms with Crippen LogP contribution in [0.5, 0.6) is 0 Å². The molecule has 1 heterocycles. The fraction of sp³-hybridized carbons (Fsp3) is 0.381. The van der Waals surface area contributed by atoms with E-state index in [4.69, 9.17) is 5.73 Å². The van der Waals surface area contributed by atoms with Crippen molar-refractivity contribution in [3.8, 4) is 0 Å². The molecular formula is C21H26N2O. The summed E-state index contributed by atoms with van der Waals surface area (Å²) in [5.74, 6) is 0.252. The van der Waals surface area contributed by atoms with Gasteiger partial charge in [-0.05, 0) is 48.4 Å². The van der Waals surface area contributed by atoms with Crippen LogP contribution in [-0.4, -0.2) is 23.4 Å². The number of hydrogen-bond acceptors (Lipinski definition) is 2. The highest BCUT2D eigenvalue weighted by atomic mass is 16.2. The Morgan fingerprint density at radius 3 is 2.67 bits per heavy atom. The van der Waals surface area contributed by atoms with Crippen molar-refractivity contribution in [1.29, 1.82) is 0 Å². The van der Waals surface area contributed by atoms with Crippen LogP contribution >= 0.6 is 0 Å². The molecule has 0 aliphatic carbocycles. The Morgan fingerprint density at radius 1 is 1.12 bits per heavy atom. The van der Waals surface area contributed by atoms with Crippen LogP contribution in [0.25, 0.3) is 0 Å². The fourth-order valence-corrected chi connectivity index (χ4v) is 3.40. The lowest BCUT2D eigenvalue weighted by molar-refractivity contribution is -0.132. The standard InChI is InChI=1S/C21H26N2O/c1-16(22)13-18-6-4-5-17(14-18)9-10-21(24)23-12-11-19-7-2-3-8-20(19)15-23/h2-8,14,16H,9-13,15,22H2,1H3. The molecule has 0 fully saturated rings. The van der Waals surface area contributed by atoms with Crippen molar-refractivity contribution in [1.82, 2.24) is 4.90 Å². The van der Waals surface area contributed by atoms with Crippen molar-refractivity contribution < 1.29 is 4.79 Å². The summed E-state index contributed by atoms with van der Waals surface area (Å²) in [5.41, 5.74) is 11.0. The largest absolute Gasteiger partial charge is 0.338 e. The summed E-state index contributed by atoms with van der Waals surface area (Å²) in [6, 6.07) is 17.0. The van der Waals surface area contributed by atoms with E-state index in [1.54, 1.807) is 0 Å². The molecule has 1 aliphatic rings. The molecule has 2 aromatic carbocycles. The number of aryl methyl sites for hydroxylation is 1. The molecule has 3 rings (SSSR count). The Labute approximate surface area is 144 Å². The minimum absolute atomic E-state index is 0.162. The molecule has 2 aromatic rings. The third kappa shape index (κ3) is 4.24. The van der Waals surface area contributed by atoms with E-state index < -0.39 is 0 Å². The molecule has 0 bridgehead atoms. The van der Waals surface area contributed by atoms with Crippen LogP contribution in [0.4, 0.5) is 0 Å². The van der Waals surface area contributed by atoms with Gasteiger partial charge in [0.2, 0.25) is 5.91 Å². The molecule has 1 atom stereocenters. The molecule has 1 amide bonds. The summed E-state index contributed by atoms with van der Waals surface area (Å²) in [7, 11) is 0. The monoisotopic (exact) mass is 322 g/mol. The van der Waals surface area contributed by atoms with Crippen molar-refractivity contribution in [2.45, 2.75) is 45.2 Å². The molecule has 0 saturated heterocycles. The zero-order chi connectivity index (χ0) is 16.9. The summed E-state index contributed by atoms with van der Waals surface area (Å²) < 4.78 is 0. The predicted molar refractivity (Wildman–Crippen MR) is 97.7 cm³/mol. The van der Waals surface area contributed by atoms with Gasteiger partial charge in [0, 0.05) is 25.6 Å². The van der Waals surface area contributed by atoms with Gasteiger partial charge >= 0.3 is 0 Å². The van der Waals surface area contributed by atoms with Crippen LogP contribution in [0.15, 0.2) is 48.5 Å². The first-order valence-electron chi connectivity index (χ1n) is 8.80. The number of carbonyl (C=O) groups is 1. The van der Waals surface area contributed by atoms with Crippen LogP contribution in [-0.2, 0) is 30.6 Å². The maximum absolute atomic E-state index is 12.5. The third-order valence-electron chi connectivity index (χ3n) is 4.66. The highest BCUT2D eigenvalue weighted by Gasteiger charge is 2.19. The second-order valence-corrected chi connectivity index (χ2v) is 6.84. The number of fused-ring (bicyclic) bond motifs is 1. The van der Waals surface area contributed by atoms with Crippen molar-refractivity contribution >= 4 is 5.91 Å². The molecule has 24 heavy (non-hydrogen) atoms. The molecule has 1 aliphatic heterocycles. The molecule has 0 radical (unpaired) electrons. The van der Waals surface area contributed by atoms with E-state index in [-0.39, 0.29) is 11.9 Å². The van der Waals surface area contributed by atoms with Crippen LogP contribution < -0.4 is 5.73 Å². The van der Waals surface area contributed by atoms with E-state index in [0.29, 0.717) is 6.42 Å². The molecule has 0 saturated carbocycles. The zero-order valence-corrected chi connectivity index (χ0v) is 14.4. The summed E-state index contributed by atoms with van der Waals surface area (Å²) in [6.07, 6.45) is 3.21. The van der Waals surface area contributed by atoms with Crippen LogP contribution in [0.2, 0.25) is 0 Å². The second-order valence-electron chi connectivity index (χ2n) is 6.84. The second kappa shape index (κ2) is 7.63. The molecule has 1 unspecified atom stereocenters. The topological polar surface area (TPSA) is 46.3 Å². The maximum atomic E-state index is 12.5. The average Bonchev–Trinajstić information content (AvgIpc) is 2.59. The number of hydrogen-bond donors (Lipinski definition) is 1. The number of rotatable bonds is 5. The Morgan fingerprint density at radius 2 is 1.88 bits per heavy atom. The highest BCUT2D eigenvalue weighted by Crippen LogP contribution is 2.19. The smallest absolute Gasteiger partial charge is 0.223 e. The van der Waals surface area contributed by atoms with Crippen molar-refractivity contribution in [3.63, 3.8) is 0 Å². The number of nitrogens with two attached hydrogens (primary N) is 1. The minimum Gasteiger partial charge on any atom is -0.338 e. The first-order chi connectivity index (χ1) is 11.6.